The summed E-state index contributed by atoms with van der Waals surface area (Å²) in [5.41, 5.74) is 10.0. The Hall–Kier alpha value is -5.08. The summed E-state index contributed by atoms with van der Waals surface area (Å²) in [6.45, 7) is 0. The van der Waals surface area contributed by atoms with E-state index >= 15 is 0 Å². The van der Waals surface area contributed by atoms with Gasteiger partial charge in [0.15, 0.2) is 0 Å². The first kappa shape index (κ1) is 21.0. The molecule has 6 aromatic carbocycles. The third-order valence-electron chi connectivity index (χ3n) is 7.57. The predicted molar refractivity (Wildman–Crippen MR) is 159 cm³/mol. The van der Waals surface area contributed by atoms with Crippen LogP contribution in [0.5, 0.6) is 0 Å². The van der Waals surface area contributed by atoms with Gasteiger partial charge in [0.05, 0.1) is 16.4 Å². The molecule has 0 saturated heterocycles. The number of fused-ring (bicyclic) bond motifs is 2. The molecule has 8 rings (SSSR count). The Labute approximate surface area is 220 Å². The topological polar surface area (TPSA) is 18.1 Å². The second-order valence-electron chi connectivity index (χ2n) is 9.78. The highest BCUT2D eigenvalue weighted by Gasteiger charge is 2.19. The Morgan fingerprint density at radius 2 is 0.947 bits per heavy atom. The van der Waals surface area contributed by atoms with E-state index in [0.29, 0.717) is 0 Å². The Morgan fingerprint density at radius 1 is 0.395 bits per heavy atom. The monoisotopic (exact) mass is 485 g/mol. The van der Waals surface area contributed by atoms with Gasteiger partial charge in [0.1, 0.15) is 11.2 Å². The van der Waals surface area contributed by atoms with E-state index in [9.17, 15) is 0 Å². The molecule has 2 heterocycles. The van der Waals surface area contributed by atoms with Crippen LogP contribution in [0.2, 0.25) is 0 Å². The Kier molecular flexibility index (Phi) is 4.55. The van der Waals surface area contributed by atoms with E-state index in [2.05, 4.69) is 138 Å². The van der Waals surface area contributed by atoms with Crippen LogP contribution in [0, 0.1) is 0 Å². The highest BCUT2D eigenvalue weighted by atomic mass is 16.3. The van der Waals surface area contributed by atoms with Gasteiger partial charge in [-0.25, -0.2) is 0 Å². The zero-order valence-corrected chi connectivity index (χ0v) is 20.6. The SMILES string of the molecule is c1ccc(-c2cc(-c3ccccc3)cc(-n3c4cccc5oc6ccccc6c6cccc3c6c54)c2)cc1. The number of rotatable bonds is 3. The molecule has 0 saturated carbocycles. The van der Waals surface area contributed by atoms with E-state index in [4.69, 9.17) is 4.42 Å². The normalized spacial score (nSPS) is 11.7. The molecule has 2 heteroatoms. The van der Waals surface area contributed by atoms with E-state index in [-0.39, 0.29) is 0 Å². The molecule has 2 aromatic heterocycles. The van der Waals surface area contributed by atoms with Crippen LogP contribution in [-0.4, -0.2) is 4.57 Å². The highest BCUT2D eigenvalue weighted by molar-refractivity contribution is 6.26. The van der Waals surface area contributed by atoms with E-state index in [1.54, 1.807) is 0 Å². The molecule has 0 aliphatic carbocycles. The zero-order chi connectivity index (χ0) is 25.1. The summed E-state index contributed by atoms with van der Waals surface area (Å²) in [5, 5.41) is 4.71. The molecule has 0 aliphatic heterocycles. The van der Waals surface area contributed by atoms with Gasteiger partial charge in [-0.15, -0.1) is 0 Å². The first-order valence-electron chi connectivity index (χ1n) is 12.9. The lowest BCUT2D eigenvalue weighted by Gasteiger charge is -2.14. The molecule has 0 unspecified atom stereocenters. The molecule has 0 aliphatic rings. The van der Waals surface area contributed by atoms with Crippen molar-refractivity contribution in [2.24, 2.45) is 0 Å². The fourth-order valence-corrected chi connectivity index (χ4v) is 5.90. The quantitative estimate of drug-likeness (QED) is 0.243. The third-order valence-corrected chi connectivity index (χ3v) is 7.57. The third kappa shape index (κ3) is 3.14. The minimum Gasteiger partial charge on any atom is -0.456 e. The van der Waals surface area contributed by atoms with Crippen molar-refractivity contribution in [1.29, 1.82) is 0 Å². The number of benzene rings is 6. The minimum absolute atomic E-state index is 0.895. The van der Waals surface area contributed by atoms with E-state index in [1.165, 1.54) is 38.5 Å². The minimum atomic E-state index is 0.895. The molecule has 2 nitrogen and oxygen atoms in total. The van der Waals surface area contributed by atoms with Crippen molar-refractivity contribution in [1.82, 2.24) is 4.57 Å². The molecule has 0 bridgehead atoms. The van der Waals surface area contributed by atoms with Crippen molar-refractivity contribution < 1.29 is 4.42 Å². The molecule has 0 amide bonds. The van der Waals surface area contributed by atoms with Gasteiger partial charge in [-0.05, 0) is 70.1 Å². The summed E-state index contributed by atoms with van der Waals surface area (Å²) < 4.78 is 8.94. The van der Waals surface area contributed by atoms with Gasteiger partial charge in [-0.3, -0.25) is 0 Å². The number of para-hydroxylation sites is 1. The molecule has 0 N–H and O–H groups in total. The maximum absolute atomic E-state index is 6.54. The summed E-state index contributed by atoms with van der Waals surface area (Å²) in [7, 11) is 0. The van der Waals surface area contributed by atoms with Gasteiger partial charge in [0.25, 0.3) is 0 Å². The number of hydrogen-bond acceptors (Lipinski definition) is 1. The smallest absolute Gasteiger partial charge is 0.137 e. The van der Waals surface area contributed by atoms with Crippen LogP contribution in [0.3, 0.4) is 0 Å². The van der Waals surface area contributed by atoms with Crippen molar-refractivity contribution >= 4 is 43.7 Å². The lowest BCUT2D eigenvalue weighted by molar-refractivity contribution is 0.664. The van der Waals surface area contributed by atoms with Crippen LogP contribution in [0.1, 0.15) is 0 Å². The second kappa shape index (κ2) is 8.22. The molecule has 38 heavy (non-hydrogen) atoms. The molecular weight excluding hydrogens is 462 g/mol. The van der Waals surface area contributed by atoms with Crippen molar-refractivity contribution in [3.05, 3.63) is 140 Å². The van der Waals surface area contributed by atoms with Crippen molar-refractivity contribution in [3.8, 4) is 27.9 Å². The Bertz CT molecular complexity index is 2060. The van der Waals surface area contributed by atoms with Crippen LogP contribution >= 0.6 is 0 Å². The molecule has 0 fully saturated rings. The molecule has 178 valence electrons. The van der Waals surface area contributed by atoms with Crippen molar-refractivity contribution in [2.45, 2.75) is 0 Å². The van der Waals surface area contributed by atoms with Crippen molar-refractivity contribution in [2.75, 3.05) is 0 Å². The van der Waals surface area contributed by atoms with Gasteiger partial charge in [0, 0.05) is 16.5 Å². The lowest BCUT2D eigenvalue weighted by Crippen LogP contribution is -1.96. The van der Waals surface area contributed by atoms with Crippen LogP contribution in [0.15, 0.2) is 144 Å². The van der Waals surface area contributed by atoms with Crippen LogP contribution in [0.25, 0.3) is 71.7 Å². The van der Waals surface area contributed by atoms with Gasteiger partial charge >= 0.3 is 0 Å². The molecule has 0 atom stereocenters. The summed E-state index contributed by atoms with van der Waals surface area (Å²) in [5.74, 6) is 0. The summed E-state index contributed by atoms with van der Waals surface area (Å²) in [4.78, 5) is 0. The average Bonchev–Trinajstić information content (AvgIpc) is 3.25. The largest absolute Gasteiger partial charge is 0.456 e. The summed E-state index contributed by atoms with van der Waals surface area (Å²) in [6, 6.07) is 49.5. The van der Waals surface area contributed by atoms with Gasteiger partial charge in [-0.1, -0.05) is 97.1 Å². The summed E-state index contributed by atoms with van der Waals surface area (Å²) in [6.07, 6.45) is 0. The highest BCUT2D eigenvalue weighted by Crippen LogP contribution is 2.41. The van der Waals surface area contributed by atoms with Gasteiger partial charge < -0.3 is 8.98 Å². The first-order chi connectivity index (χ1) is 18.8. The lowest BCUT2D eigenvalue weighted by atomic mass is 9.98. The fraction of sp³-hybridized carbons (Fsp3) is 0. The van der Waals surface area contributed by atoms with Crippen LogP contribution in [-0.2, 0) is 0 Å². The first-order valence-corrected chi connectivity index (χ1v) is 12.9. The molecule has 0 radical (unpaired) electrons. The molecular formula is C36H23NO. The Balaban J connectivity index is 1.53. The van der Waals surface area contributed by atoms with Crippen LogP contribution in [0.4, 0.5) is 0 Å². The molecule has 8 aromatic rings. The average molecular weight is 486 g/mol. The van der Waals surface area contributed by atoms with Gasteiger partial charge in [0.2, 0.25) is 0 Å². The number of nitrogens with zero attached hydrogens (tertiary/aromatic N) is 1. The maximum atomic E-state index is 6.54. The maximum Gasteiger partial charge on any atom is 0.137 e. The van der Waals surface area contributed by atoms with Gasteiger partial charge in [-0.2, -0.15) is 0 Å². The predicted octanol–water partition coefficient (Wildman–Crippen LogP) is 10.0. The van der Waals surface area contributed by atoms with Crippen molar-refractivity contribution in [3.63, 3.8) is 0 Å². The Morgan fingerprint density at radius 3 is 1.66 bits per heavy atom. The second-order valence-corrected chi connectivity index (χ2v) is 9.78. The summed E-state index contributed by atoms with van der Waals surface area (Å²) >= 11 is 0. The number of hydrogen-bond donors (Lipinski definition) is 0. The van der Waals surface area contributed by atoms with E-state index in [0.717, 1.165) is 33.1 Å². The molecule has 0 spiro atoms. The van der Waals surface area contributed by atoms with E-state index in [1.807, 2.05) is 6.07 Å². The standard InChI is InChI=1S/C36H23NO/c1-3-11-24(12-4-1)26-21-27(25-13-5-2-6-14-25)23-28(22-26)37-31-17-9-16-30-29-15-7-8-19-33(29)38-34-20-10-18-32(37)36(34)35(30)31/h1-23H. The number of aromatic nitrogens is 1. The fourth-order valence-electron chi connectivity index (χ4n) is 5.90. The zero-order valence-electron chi connectivity index (χ0n) is 20.6. The van der Waals surface area contributed by atoms with Crippen LogP contribution < -0.4 is 0 Å². The van der Waals surface area contributed by atoms with E-state index < -0.39 is 0 Å².